The van der Waals surface area contributed by atoms with E-state index in [0.717, 1.165) is 12.2 Å². The van der Waals surface area contributed by atoms with Crippen LogP contribution in [0.1, 0.15) is 26.5 Å². The van der Waals surface area contributed by atoms with E-state index in [0.29, 0.717) is 12.5 Å². The molecule has 86 valence electrons. The first-order valence-corrected chi connectivity index (χ1v) is 5.36. The largest absolute Gasteiger partial charge is 0.395 e. The summed E-state index contributed by atoms with van der Waals surface area (Å²) in [7, 11) is 0. The molecule has 1 aromatic heterocycles. The minimum absolute atomic E-state index is 0.0489. The van der Waals surface area contributed by atoms with Crippen molar-refractivity contribution in [3.05, 3.63) is 18.0 Å². The van der Waals surface area contributed by atoms with Gasteiger partial charge in [-0.05, 0) is 12.0 Å². The molecule has 0 bridgehead atoms. The van der Waals surface area contributed by atoms with E-state index in [1.54, 1.807) is 6.20 Å². The molecule has 0 saturated heterocycles. The highest BCUT2D eigenvalue weighted by Gasteiger charge is 2.27. The van der Waals surface area contributed by atoms with E-state index in [1.807, 2.05) is 17.7 Å². The Morgan fingerprint density at radius 1 is 1.60 bits per heavy atom. The summed E-state index contributed by atoms with van der Waals surface area (Å²) in [5.41, 5.74) is 6.34. The molecule has 0 spiro atoms. The first-order chi connectivity index (χ1) is 7.03. The highest BCUT2D eigenvalue weighted by molar-refractivity contribution is 5.16. The van der Waals surface area contributed by atoms with Gasteiger partial charge < -0.3 is 10.8 Å². The average Bonchev–Trinajstić information content (AvgIpc) is 2.64. The van der Waals surface area contributed by atoms with Crippen LogP contribution in [-0.4, -0.2) is 28.0 Å². The summed E-state index contributed by atoms with van der Waals surface area (Å²) in [5.74, 6) is 0.532. The topological polar surface area (TPSA) is 64.1 Å². The fourth-order valence-electron chi connectivity index (χ4n) is 1.59. The lowest BCUT2D eigenvalue weighted by atomic mass is 9.87. The van der Waals surface area contributed by atoms with E-state index in [4.69, 9.17) is 5.73 Å². The maximum atomic E-state index is 9.39. The maximum Gasteiger partial charge on any atom is 0.0552 e. The molecule has 1 unspecified atom stereocenters. The van der Waals surface area contributed by atoms with Crippen LogP contribution in [0.2, 0.25) is 0 Å². The van der Waals surface area contributed by atoms with Gasteiger partial charge in [0.15, 0.2) is 0 Å². The van der Waals surface area contributed by atoms with E-state index in [2.05, 4.69) is 18.9 Å². The van der Waals surface area contributed by atoms with E-state index < -0.39 is 0 Å². The molecule has 0 aliphatic heterocycles. The number of aromatic nitrogens is 2. The second kappa shape index (κ2) is 4.77. The summed E-state index contributed by atoms with van der Waals surface area (Å²) in [6, 6.07) is 1.94. The van der Waals surface area contributed by atoms with Crippen molar-refractivity contribution in [1.82, 2.24) is 9.78 Å². The van der Waals surface area contributed by atoms with E-state index >= 15 is 0 Å². The molecule has 0 aliphatic carbocycles. The molecule has 4 heteroatoms. The van der Waals surface area contributed by atoms with Crippen LogP contribution >= 0.6 is 0 Å². The van der Waals surface area contributed by atoms with E-state index in [9.17, 15) is 5.11 Å². The van der Waals surface area contributed by atoms with Gasteiger partial charge in [-0.1, -0.05) is 20.8 Å². The molecule has 0 amide bonds. The lowest BCUT2D eigenvalue weighted by Gasteiger charge is -2.26. The predicted molar refractivity (Wildman–Crippen MR) is 60.6 cm³/mol. The van der Waals surface area contributed by atoms with Crippen LogP contribution in [0.3, 0.4) is 0 Å². The van der Waals surface area contributed by atoms with Crippen molar-refractivity contribution in [3.63, 3.8) is 0 Å². The van der Waals surface area contributed by atoms with E-state index in [-0.39, 0.29) is 12.0 Å². The van der Waals surface area contributed by atoms with Crippen molar-refractivity contribution in [2.75, 3.05) is 13.2 Å². The zero-order valence-electron chi connectivity index (χ0n) is 9.77. The van der Waals surface area contributed by atoms with Crippen molar-refractivity contribution in [2.24, 2.45) is 11.7 Å². The molecule has 15 heavy (non-hydrogen) atoms. The quantitative estimate of drug-likeness (QED) is 0.755. The average molecular weight is 211 g/mol. The zero-order chi connectivity index (χ0) is 11.5. The van der Waals surface area contributed by atoms with Gasteiger partial charge in [0.05, 0.1) is 6.61 Å². The Labute approximate surface area is 91.1 Å². The van der Waals surface area contributed by atoms with Crippen LogP contribution in [0.25, 0.3) is 0 Å². The summed E-state index contributed by atoms with van der Waals surface area (Å²) in [6.07, 6.45) is 1.77. The summed E-state index contributed by atoms with van der Waals surface area (Å²) in [6.45, 7) is 7.58. The van der Waals surface area contributed by atoms with Crippen molar-refractivity contribution in [2.45, 2.75) is 32.7 Å². The number of aliphatic hydroxyl groups excluding tert-OH is 1. The zero-order valence-corrected chi connectivity index (χ0v) is 9.77. The van der Waals surface area contributed by atoms with Gasteiger partial charge in [-0.3, -0.25) is 4.68 Å². The summed E-state index contributed by atoms with van der Waals surface area (Å²) in [4.78, 5) is 0. The lowest BCUT2D eigenvalue weighted by Crippen LogP contribution is -2.38. The maximum absolute atomic E-state index is 9.39. The number of rotatable bonds is 5. The van der Waals surface area contributed by atoms with Gasteiger partial charge in [0.25, 0.3) is 0 Å². The van der Waals surface area contributed by atoms with Gasteiger partial charge in [-0.2, -0.15) is 5.10 Å². The van der Waals surface area contributed by atoms with Crippen LogP contribution in [0.5, 0.6) is 0 Å². The second-order valence-corrected chi connectivity index (χ2v) is 4.72. The minimum Gasteiger partial charge on any atom is -0.395 e. The molecular formula is C11H21N3O. The normalized spacial score (nSPS) is 15.6. The Hall–Kier alpha value is -0.870. The molecule has 3 N–H and O–H groups in total. The van der Waals surface area contributed by atoms with Crippen molar-refractivity contribution >= 4 is 0 Å². The summed E-state index contributed by atoms with van der Waals surface area (Å²) in [5, 5.41) is 13.7. The molecule has 0 aromatic carbocycles. The first kappa shape index (κ1) is 12.2. The molecule has 0 saturated carbocycles. The number of nitrogens with zero attached hydrogens (tertiary/aromatic N) is 2. The smallest absolute Gasteiger partial charge is 0.0552 e. The Morgan fingerprint density at radius 2 is 2.27 bits per heavy atom. The van der Waals surface area contributed by atoms with Crippen molar-refractivity contribution in [1.29, 1.82) is 0 Å². The van der Waals surface area contributed by atoms with E-state index in [1.165, 1.54) is 0 Å². The van der Waals surface area contributed by atoms with Gasteiger partial charge in [0.2, 0.25) is 0 Å². The molecule has 1 heterocycles. The monoisotopic (exact) mass is 211 g/mol. The predicted octanol–water partition coefficient (Wildman–Crippen LogP) is 0.748. The Morgan fingerprint density at radius 3 is 2.73 bits per heavy atom. The van der Waals surface area contributed by atoms with Crippen LogP contribution < -0.4 is 5.73 Å². The molecule has 0 aliphatic rings. The van der Waals surface area contributed by atoms with Crippen LogP contribution in [0, 0.1) is 5.92 Å². The van der Waals surface area contributed by atoms with Crippen LogP contribution in [0.4, 0.5) is 0 Å². The van der Waals surface area contributed by atoms with Crippen molar-refractivity contribution < 1.29 is 5.11 Å². The van der Waals surface area contributed by atoms with Gasteiger partial charge in [-0.15, -0.1) is 0 Å². The molecule has 1 atom stereocenters. The highest BCUT2D eigenvalue weighted by Crippen LogP contribution is 2.22. The van der Waals surface area contributed by atoms with Crippen molar-refractivity contribution in [3.8, 4) is 0 Å². The number of hydrogen-bond acceptors (Lipinski definition) is 3. The summed E-state index contributed by atoms with van der Waals surface area (Å²) < 4.78 is 1.94. The van der Waals surface area contributed by atoms with Crippen LogP contribution in [0.15, 0.2) is 12.3 Å². The standard InChI is InChI=1S/C11H21N3O/c1-9(2)6-14-10(4-5-13-14)11(3,7-12)8-15/h4-5,9,15H,6-8,12H2,1-3H3. The molecular weight excluding hydrogens is 190 g/mol. The third-order valence-electron chi connectivity index (χ3n) is 2.67. The molecule has 1 aromatic rings. The SMILES string of the molecule is CC(C)Cn1nccc1C(C)(CN)CO. The Bertz CT molecular complexity index is 303. The second-order valence-electron chi connectivity index (χ2n) is 4.72. The fraction of sp³-hybridized carbons (Fsp3) is 0.727. The lowest BCUT2D eigenvalue weighted by molar-refractivity contribution is 0.200. The van der Waals surface area contributed by atoms with Gasteiger partial charge in [0, 0.05) is 30.4 Å². The highest BCUT2D eigenvalue weighted by atomic mass is 16.3. The fourth-order valence-corrected chi connectivity index (χ4v) is 1.59. The van der Waals surface area contributed by atoms with Gasteiger partial charge in [-0.25, -0.2) is 0 Å². The first-order valence-electron chi connectivity index (χ1n) is 5.36. The van der Waals surface area contributed by atoms with Gasteiger partial charge in [0.1, 0.15) is 0 Å². The third kappa shape index (κ3) is 2.58. The molecule has 1 rings (SSSR count). The number of hydrogen-bond donors (Lipinski definition) is 2. The molecule has 0 radical (unpaired) electrons. The number of aliphatic hydroxyl groups is 1. The summed E-state index contributed by atoms with van der Waals surface area (Å²) >= 11 is 0. The molecule has 4 nitrogen and oxygen atoms in total. The molecule has 0 fully saturated rings. The Balaban J connectivity index is 2.98. The minimum atomic E-state index is -0.384. The third-order valence-corrected chi connectivity index (χ3v) is 2.67. The number of nitrogens with two attached hydrogens (primary N) is 1. The Kier molecular flexibility index (Phi) is 3.88. The van der Waals surface area contributed by atoms with Gasteiger partial charge >= 0.3 is 0 Å². The van der Waals surface area contributed by atoms with Crippen LogP contribution in [-0.2, 0) is 12.0 Å².